The Hall–Kier alpha value is -1.36. The molecule has 4 heteroatoms. The number of benzene rings is 1. The van der Waals surface area contributed by atoms with Gasteiger partial charge in [-0.3, -0.25) is 0 Å². The Bertz CT molecular complexity index is 572. The minimum Gasteiger partial charge on any atom is -0.459 e. The zero-order valence-electron chi connectivity index (χ0n) is 12.6. The molecule has 2 aromatic rings. The topological polar surface area (TPSA) is 43.6 Å². The van der Waals surface area contributed by atoms with Crippen molar-refractivity contribution >= 4 is 11.0 Å². The summed E-state index contributed by atoms with van der Waals surface area (Å²) in [6.45, 7) is 6.84. The molecule has 0 amide bonds. The van der Waals surface area contributed by atoms with Crippen LogP contribution in [0.15, 0.2) is 28.7 Å². The summed E-state index contributed by atoms with van der Waals surface area (Å²) in [6.07, 6.45) is 1.11. The van der Waals surface area contributed by atoms with Crippen LogP contribution < -0.4 is 5.32 Å². The van der Waals surface area contributed by atoms with E-state index in [1.54, 1.807) is 0 Å². The van der Waals surface area contributed by atoms with Crippen molar-refractivity contribution < 1.29 is 13.9 Å². The normalized spacial score (nSPS) is 18.6. The van der Waals surface area contributed by atoms with E-state index in [4.69, 9.17) is 13.9 Å². The average Bonchev–Trinajstić information content (AvgIpc) is 3.13. The minimum absolute atomic E-state index is 0.542. The Morgan fingerprint density at radius 2 is 2.24 bits per heavy atom. The molecule has 114 valence electrons. The van der Waals surface area contributed by atoms with E-state index in [2.05, 4.69) is 18.3 Å². The molecule has 1 aromatic heterocycles. The van der Waals surface area contributed by atoms with Gasteiger partial charge in [0.05, 0.1) is 26.4 Å². The second-order valence-electron chi connectivity index (χ2n) is 5.53. The van der Waals surface area contributed by atoms with Crippen molar-refractivity contribution in [2.45, 2.75) is 26.5 Å². The number of ether oxygens (including phenoxy) is 2. The van der Waals surface area contributed by atoms with Crippen molar-refractivity contribution in [3.63, 3.8) is 0 Å². The van der Waals surface area contributed by atoms with E-state index in [1.807, 2.05) is 18.2 Å². The molecule has 2 heterocycles. The number of furan rings is 1. The lowest BCUT2D eigenvalue weighted by Crippen LogP contribution is -2.13. The SMILES string of the molecule is CCNCc1oc2ccccc2c1COCC1CCOC1. The van der Waals surface area contributed by atoms with Crippen LogP contribution in [0.3, 0.4) is 0 Å². The summed E-state index contributed by atoms with van der Waals surface area (Å²) in [4.78, 5) is 0. The summed E-state index contributed by atoms with van der Waals surface area (Å²) >= 11 is 0. The van der Waals surface area contributed by atoms with Crippen molar-refractivity contribution in [2.75, 3.05) is 26.4 Å². The summed E-state index contributed by atoms with van der Waals surface area (Å²) < 4.78 is 17.3. The van der Waals surface area contributed by atoms with Crippen molar-refractivity contribution in [1.29, 1.82) is 0 Å². The second-order valence-corrected chi connectivity index (χ2v) is 5.53. The van der Waals surface area contributed by atoms with Gasteiger partial charge in [0.1, 0.15) is 11.3 Å². The molecule has 1 aromatic carbocycles. The van der Waals surface area contributed by atoms with Crippen LogP contribution in [0.5, 0.6) is 0 Å². The second kappa shape index (κ2) is 7.07. The van der Waals surface area contributed by atoms with Crippen molar-refractivity contribution in [1.82, 2.24) is 5.32 Å². The fourth-order valence-electron chi connectivity index (χ4n) is 2.73. The molecule has 3 rings (SSSR count). The lowest BCUT2D eigenvalue weighted by Gasteiger charge is -2.09. The predicted molar refractivity (Wildman–Crippen MR) is 82.2 cm³/mol. The average molecular weight is 289 g/mol. The first-order valence-electron chi connectivity index (χ1n) is 7.74. The number of fused-ring (bicyclic) bond motifs is 1. The Morgan fingerprint density at radius 3 is 3.05 bits per heavy atom. The Balaban J connectivity index is 1.71. The van der Waals surface area contributed by atoms with E-state index < -0.39 is 0 Å². The molecule has 1 unspecified atom stereocenters. The lowest BCUT2D eigenvalue weighted by molar-refractivity contribution is 0.0788. The number of hydrogen-bond donors (Lipinski definition) is 1. The van der Waals surface area contributed by atoms with Gasteiger partial charge in [0.15, 0.2) is 0 Å². The standard InChI is InChI=1S/C17H23NO3/c1-2-18-9-17-15(12-20-11-13-7-8-19-10-13)14-5-3-4-6-16(14)21-17/h3-6,13,18H,2,7-12H2,1H3. The van der Waals surface area contributed by atoms with E-state index in [-0.39, 0.29) is 0 Å². The Labute approximate surface area is 125 Å². The molecule has 0 saturated carbocycles. The van der Waals surface area contributed by atoms with Gasteiger partial charge in [0, 0.05) is 23.5 Å². The lowest BCUT2D eigenvalue weighted by atomic mass is 10.1. The van der Waals surface area contributed by atoms with Gasteiger partial charge in [-0.25, -0.2) is 0 Å². The van der Waals surface area contributed by atoms with Crippen LogP contribution in [0, 0.1) is 5.92 Å². The highest BCUT2D eigenvalue weighted by Gasteiger charge is 2.17. The van der Waals surface area contributed by atoms with Gasteiger partial charge in [-0.2, -0.15) is 0 Å². The highest BCUT2D eigenvalue weighted by Crippen LogP contribution is 2.27. The van der Waals surface area contributed by atoms with Gasteiger partial charge in [-0.15, -0.1) is 0 Å². The first-order valence-corrected chi connectivity index (χ1v) is 7.74. The highest BCUT2D eigenvalue weighted by atomic mass is 16.5. The van der Waals surface area contributed by atoms with Crippen LogP contribution in [0.1, 0.15) is 24.7 Å². The maximum atomic E-state index is 5.96. The summed E-state index contributed by atoms with van der Waals surface area (Å²) in [5, 5.41) is 4.49. The summed E-state index contributed by atoms with van der Waals surface area (Å²) in [5.74, 6) is 1.53. The molecule has 0 spiro atoms. The number of hydrogen-bond acceptors (Lipinski definition) is 4. The van der Waals surface area contributed by atoms with Crippen LogP contribution in [-0.4, -0.2) is 26.4 Å². The quantitative estimate of drug-likeness (QED) is 0.850. The van der Waals surface area contributed by atoms with Crippen LogP contribution >= 0.6 is 0 Å². The Morgan fingerprint density at radius 1 is 1.33 bits per heavy atom. The molecule has 0 aliphatic carbocycles. The molecule has 0 radical (unpaired) electrons. The largest absolute Gasteiger partial charge is 0.459 e. The maximum absolute atomic E-state index is 5.96. The maximum Gasteiger partial charge on any atom is 0.134 e. The van der Waals surface area contributed by atoms with E-state index in [0.717, 1.165) is 56.1 Å². The van der Waals surface area contributed by atoms with E-state index >= 15 is 0 Å². The third-order valence-corrected chi connectivity index (χ3v) is 3.94. The van der Waals surface area contributed by atoms with Crippen LogP contribution in [-0.2, 0) is 22.6 Å². The molecule has 21 heavy (non-hydrogen) atoms. The van der Waals surface area contributed by atoms with Crippen LogP contribution in [0.2, 0.25) is 0 Å². The monoisotopic (exact) mass is 289 g/mol. The van der Waals surface area contributed by atoms with Gasteiger partial charge in [-0.1, -0.05) is 25.1 Å². The van der Waals surface area contributed by atoms with Crippen LogP contribution in [0.4, 0.5) is 0 Å². The third-order valence-electron chi connectivity index (χ3n) is 3.94. The molecule has 1 aliphatic rings. The van der Waals surface area contributed by atoms with Crippen molar-refractivity contribution in [3.8, 4) is 0 Å². The smallest absolute Gasteiger partial charge is 0.134 e. The number of nitrogens with one attached hydrogen (secondary N) is 1. The Kier molecular flexibility index (Phi) is 4.91. The summed E-state index contributed by atoms with van der Waals surface area (Å²) in [6, 6.07) is 8.16. The van der Waals surface area contributed by atoms with Gasteiger partial charge < -0.3 is 19.2 Å². The van der Waals surface area contributed by atoms with Gasteiger partial charge >= 0.3 is 0 Å². The molecular formula is C17H23NO3. The zero-order chi connectivity index (χ0) is 14.5. The minimum atomic E-state index is 0.542. The number of para-hydroxylation sites is 1. The molecule has 1 N–H and O–H groups in total. The molecule has 1 aliphatic heterocycles. The number of rotatable bonds is 7. The first kappa shape index (κ1) is 14.6. The molecular weight excluding hydrogens is 266 g/mol. The molecule has 0 bridgehead atoms. The highest BCUT2D eigenvalue weighted by molar-refractivity contribution is 5.82. The van der Waals surface area contributed by atoms with E-state index in [0.29, 0.717) is 12.5 Å². The summed E-state index contributed by atoms with van der Waals surface area (Å²) in [7, 11) is 0. The van der Waals surface area contributed by atoms with Gasteiger partial charge in [0.25, 0.3) is 0 Å². The first-order chi connectivity index (χ1) is 10.4. The molecule has 1 fully saturated rings. The van der Waals surface area contributed by atoms with E-state index in [9.17, 15) is 0 Å². The summed E-state index contributed by atoms with van der Waals surface area (Å²) in [5.41, 5.74) is 2.11. The fourth-order valence-corrected chi connectivity index (χ4v) is 2.73. The predicted octanol–water partition coefficient (Wildman–Crippen LogP) is 3.10. The zero-order valence-corrected chi connectivity index (χ0v) is 12.6. The third kappa shape index (κ3) is 3.46. The van der Waals surface area contributed by atoms with Gasteiger partial charge in [-0.05, 0) is 19.0 Å². The molecule has 1 atom stereocenters. The molecule has 4 nitrogen and oxygen atoms in total. The fraction of sp³-hybridized carbons (Fsp3) is 0.529. The van der Waals surface area contributed by atoms with E-state index in [1.165, 1.54) is 5.56 Å². The van der Waals surface area contributed by atoms with Crippen molar-refractivity contribution in [3.05, 3.63) is 35.6 Å². The van der Waals surface area contributed by atoms with Gasteiger partial charge in [0.2, 0.25) is 0 Å². The van der Waals surface area contributed by atoms with Crippen molar-refractivity contribution in [2.24, 2.45) is 5.92 Å². The molecule has 1 saturated heterocycles. The van der Waals surface area contributed by atoms with Crippen LogP contribution in [0.25, 0.3) is 11.0 Å².